The molecular formula is C25H21N3O4. The SMILES string of the molecule is Cc1ccc(NC(=O)COc2cccc(/C=N\N3C(=O)c4ccccc4C3=O)c2)cc1C. The molecule has 3 amide bonds. The van der Waals surface area contributed by atoms with E-state index in [1.54, 1.807) is 48.5 Å². The highest BCUT2D eigenvalue weighted by atomic mass is 16.5. The van der Waals surface area contributed by atoms with Crippen LogP contribution in [0.25, 0.3) is 0 Å². The van der Waals surface area contributed by atoms with Crippen molar-refractivity contribution < 1.29 is 19.1 Å². The lowest BCUT2D eigenvalue weighted by molar-refractivity contribution is -0.118. The summed E-state index contributed by atoms with van der Waals surface area (Å²) in [7, 11) is 0. The molecule has 0 aromatic heterocycles. The first-order valence-electron chi connectivity index (χ1n) is 10.0. The second-order valence-electron chi connectivity index (χ2n) is 7.42. The van der Waals surface area contributed by atoms with Crippen molar-refractivity contribution in [3.63, 3.8) is 0 Å². The van der Waals surface area contributed by atoms with Crippen LogP contribution in [0, 0.1) is 13.8 Å². The number of carbonyl (C=O) groups excluding carboxylic acids is 3. The summed E-state index contributed by atoms with van der Waals surface area (Å²) in [6, 6.07) is 19.2. The standard InChI is InChI=1S/C25H21N3O4/c1-16-10-11-19(12-17(16)2)27-23(29)15-32-20-7-5-6-18(13-20)14-26-28-24(30)21-8-3-4-9-22(21)25(28)31/h3-14H,15H2,1-2H3,(H,27,29)/b26-14-. The molecule has 0 spiro atoms. The molecule has 3 aromatic carbocycles. The van der Waals surface area contributed by atoms with E-state index in [0.717, 1.165) is 16.1 Å². The average Bonchev–Trinajstić information content (AvgIpc) is 3.04. The van der Waals surface area contributed by atoms with Crippen LogP contribution in [-0.2, 0) is 4.79 Å². The number of anilines is 1. The summed E-state index contributed by atoms with van der Waals surface area (Å²) in [4.78, 5) is 37.0. The lowest BCUT2D eigenvalue weighted by atomic mass is 10.1. The minimum atomic E-state index is -0.461. The average molecular weight is 427 g/mol. The highest BCUT2D eigenvalue weighted by molar-refractivity contribution is 6.21. The highest BCUT2D eigenvalue weighted by Crippen LogP contribution is 2.22. The Hall–Kier alpha value is -4.26. The maximum absolute atomic E-state index is 12.4. The molecule has 1 aliphatic rings. The van der Waals surface area contributed by atoms with Gasteiger partial charge in [-0.3, -0.25) is 14.4 Å². The number of benzene rings is 3. The first kappa shape index (κ1) is 21.0. The monoisotopic (exact) mass is 427 g/mol. The Balaban J connectivity index is 1.37. The molecule has 4 rings (SSSR count). The molecule has 0 atom stereocenters. The Morgan fingerprint density at radius 2 is 1.66 bits per heavy atom. The van der Waals surface area contributed by atoms with Crippen LogP contribution < -0.4 is 10.1 Å². The predicted molar refractivity (Wildman–Crippen MR) is 121 cm³/mol. The summed E-state index contributed by atoms with van der Waals surface area (Å²) in [5.41, 5.74) is 4.24. The molecule has 32 heavy (non-hydrogen) atoms. The Morgan fingerprint density at radius 3 is 2.34 bits per heavy atom. The topological polar surface area (TPSA) is 88.1 Å². The lowest BCUT2D eigenvalue weighted by Crippen LogP contribution is -2.24. The van der Waals surface area contributed by atoms with Gasteiger partial charge in [-0.2, -0.15) is 10.1 Å². The fourth-order valence-corrected chi connectivity index (χ4v) is 3.26. The van der Waals surface area contributed by atoms with E-state index in [2.05, 4.69) is 10.4 Å². The zero-order chi connectivity index (χ0) is 22.7. The minimum absolute atomic E-state index is 0.161. The Kier molecular flexibility index (Phi) is 5.81. The summed E-state index contributed by atoms with van der Waals surface area (Å²) < 4.78 is 5.58. The summed E-state index contributed by atoms with van der Waals surface area (Å²) in [6.07, 6.45) is 1.41. The maximum Gasteiger partial charge on any atom is 0.282 e. The van der Waals surface area contributed by atoms with Gasteiger partial charge in [0.25, 0.3) is 17.7 Å². The van der Waals surface area contributed by atoms with E-state index in [1.807, 2.05) is 32.0 Å². The van der Waals surface area contributed by atoms with Crippen LogP contribution in [0.3, 0.4) is 0 Å². The molecule has 0 saturated carbocycles. The van der Waals surface area contributed by atoms with Crippen LogP contribution in [0.15, 0.2) is 71.8 Å². The van der Waals surface area contributed by atoms with E-state index in [-0.39, 0.29) is 12.5 Å². The van der Waals surface area contributed by atoms with Gasteiger partial charge in [0.15, 0.2) is 6.61 Å². The van der Waals surface area contributed by atoms with Crippen LogP contribution in [-0.4, -0.2) is 35.6 Å². The second-order valence-corrected chi connectivity index (χ2v) is 7.42. The fourth-order valence-electron chi connectivity index (χ4n) is 3.26. The number of nitrogens with one attached hydrogen (secondary N) is 1. The zero-order valence-corrected chi connectivity index (χ0v) is 17.7. The molecule has 0 radical (unpaired) electrons. The molecule has 3 aromatic rings. The molecule has 7 nitrogen and oxygen atoms in total. The molecule has 7 heteroatoms. The van der Waals surface area contributed by atoms with Crippen molar-refractivity contribution in [2.45, 2.75) is 13.8 Å². The second kappa shape index (κ2) is 8.85. The Labute approximate surface area is 185 Å². The van der Waals surface area contributed by atoms with Gasteiger partial charge >= 0.3 is 0 Å². The van der Waals surface area contributed by atoms with E-state index < -0.39 is 11.8 Å². The molecule has 0 fully saturated rings. The van der Waals surface area contributed by atoms with E-state index in [9.17, 15) is 14.4 Å². The minimum Gasteiger partial charge on any atom is -0.484 e. The number of nitrogens with zero attached hydrogens (tertiary/aromatic N) is 2. The van der Waals surface area contributed by atoms with Crippen molar-refractivity contribution in [1.82, 2.24) is 5.01 Å². The van der Waals surface area contributed by atoms with Gasteiger partial charge in [0.1, 0.15) is 5.75 Å². The normalized spacial score (nSPS) is 12.9. The van der Waals surface area contributed by atoms with Crippen LogP contribution in [0.2, 0.25) is 0 Å². The van der Waals surface area contributed by atoms with Crippen molar-refractivity contribution in [2.75, 3.05) is 11.9 Å². The predicted octanol–water partition coefficient (Wildman–Crippen LogP) is 3.95. The van der Waals surface area contributed by atoms with Gasteiger partial charge in [0, 0.05) is 5.69 Å². The van der Waals surface area contributed by atoms with Crippen LogP contribution in [0.5, 0.6) is 5.75 Å². The van der Waals surface area contributed by atoms with Gasteiger partial charge in [0.05, 0.1) is 17.3 Å². The summed E-state index contributed by atoms with van der Waals surface area (Å²) >= 11 is 0. The lowest BCUT2D eigenvalue weighted by Gasteiger charge is -2.10. The largest absolute Gasteiger partial charge is 0.484 e. The molecule has 0 aliphatic carbocycles. The third-order valence-electron chi connectivity index (χ3n) is 5.11. The smallest absolute Gasteiger partial charge is 0.282 e. The van der Waals surface area contributed by atoms with E-state index in [1.165, 1.54) is 6.21 Å². The molecule has 0 bridgehead atoms. The van der Waals surface area contributed by atoms with Crippen LogP contribution >= 0.6 is 0 Å². The number of imide groups is 1. The highest BCUT2D eigenvalue weighted by Gasteiger charge is 2.35. The molecule has 1 aliphatic heterocycles. The number of aryl methyl sites for hydroxylation is 2. The van der Waals surface area contributed by atoms with E-state index in [4.69, 9.17) is 4.74 Å². The number of rotatable bonds is 6. The number of hydrogen-bond donors (Lipinski definition) is 1. The number of ether oxygens (including phenoxy) is 1. The summed E-state index contributed by atoms with van der Waals surface area (Å²) in [5, 5.41) is 7.70. The van der Waals surface area contributed by atoms with Crippen molar-refractivity contribution in [3.8, 4) is 5.75 Å². The fraction of sp³-hybridized carbons (Fsp3) is 0.120. The van der Waals surface area contributed by atoms with E-state index in [0.29, 0.717) is 28.1 Å². The van der Waals surface area contributed by atoms with Gasteiger partial charge in [-0.1, -0.05) is 30.3 Å². The number of hydrazone groups is 1. The molecule has 1 heterocycles. The van der Waals surface area contributed by atoms with Crippen LogP contribution in [0.4, 0.5) is 5.69 Å². The first-order chi connectivity index (χ1) is 15.4. The Morgan fingerprint density at radius 1 is 0.938 bits per heavy atom. The molecular weight excluding hydrogens is 406 g/mol. The number of hydrogen-bond acceptors (Lipinski definition) is 5. The third-order valence-corrected chi connectivity index (χ3v) is 5.11. The number of amides is 3. The van der Waals surface area contributed by atoms with Crippen molar-refractivity contribution >= 4 is 29.6 Å². The van der Waals surface area contributed by atoms with E-state index >= 15 is 0 Å². The van der Waals surface area contributed by atoms with Crippen LogP contribution in [0.1, 0.15) is 37.4 Å². The van der Waals surface area contributed by atoms with Gasteiger partial charge in [-0.15, -0.1) is 0 Å². The first-order valence-corrected chi connectivity index (χ1v) is 10.0. The summed E-state index contributed by atoms with van der Waals surface area (Å²) in [5.74, 6) is -0.737. The number of carbonyl (C=O) groups is 3. The van der Waals surface area contributed by atoms with Crippen molar-refractivity contribution in [3.05, 3.63) is 94.5 Å². The molecule has 0 unspecified atom stereocenters. The zero-order valence-electron chi connectivity index (χ0n) is 17.7. The third kappa shape index (κ3) is 4.41. The van der Waals surface area contributed by atoms with Gasteiger partial charge in [-0.05, 0) is 66.9 Å². The quantitative estimate of drug-likeness (QED) is 0.477. The van der Waals surface area contributed by atoms with Gasteiger partial charge in [-0.25, -0.2) is 0 Å². The van der Waals surface area contributed by atoms with Crippen molar-refractivity contribution in [2.24, 2.45) is 5.10 Å². The molecule has 0 saturated heterocycles. The Bertz CT molecular complexity index is 1210. The number of fused-ring (bicyclic) bond motifs is 1. The van der Waals surface area contributed by atoms with Crippen molar-refractivity contribution in [1.29, 1.82) is 0 Å². The summed E-state index contributed by atoms with van der Waals surface area (Å²) in [6.45, 7) is 3.83. The molecule has 160 valence electrons. The van der Waals surface area contributed by atoms with Gasteiger partial charge in [0.2, 0.25) is 0 Å². The molecule has 1 N–H and O–H groups in total. The maximum atomic E-state index is 12.4. The van der Waals surface area contributed by atoms with Gasteiger partial charge < -0.3 is 10.1 Å².